The van der Waals surface area contributed by atoms with Crippen molar-refractivity contribution in [2.75, 3.05) is 19.7 Å². The zero-order valence-corrected chi connectivity index (χ0v) is 12.3. The monoisotopic (exact) mass is 293 g/mol. The molecule has 1 aromatic rings. The molecule has 1 aliphatic rings. The van der Waals surface area contributed by atoms with E-state index in [-0.39, 0.29) is 24.5 Å². The van der Waals surface area contributed by atoms with Crippen LogP contribution in [-0.4, -0.2) is 46.8 Å². The average molecular weight is 293 g/mol. The van der Waals surface area contributed by atoms with Crippen molar-refractivity contribution in [2.45, 2.75) is 25.9 Å². The first-order valence-electron chi connectivity index (χ1n) is 6.77. The van der Waals surface area contributed by atoms with Crippen LogP contribution in [0.3, 0.4) is 0 Å². The Labute approximate surface area is 123 Å². The molecule has 1 aromatic heterocycles. The molecule has 2 atom stereocenters. The summed E-state index contributed by atoms with van der Waals surface area (Å²) in [4.78, 5) is 15.0. The number of likely N-dealkylation sites (tertiary alicyclic amines) is 1. The van der Waals surface area contributed by atoms with Crippen LogP contribution in [0.5, 0.6) is 0 Å². The van der Waals surface area contributed by atoms with E-state index < -0.39 is 0 Å². The molecule has 2 heterocycles. The average Bonchev–Trinajstić information content (AvgIpc) is 3.07. The van der Waals surface area contributed by atoms with Crippen molar-refractivity contribution in [3.05, 3.63) is 21.9 Å². The molecule has 0 aromatic carbocycles. The van der Waals surface area contributed by atoms with Gasteiger partial charge >= 0.3 is 0 Å². The van der Waals surface area contributed by atoms with Crippen LogP contribution in [0.25, 0.3) is 0 Å². The highest BCUT2D eigenvalue weighted by atomic mass is 32.1. The first-order valence-corrected chi connectivity index (χ1v) is 7.65. The van der Waals surface area contributed by atoms with E-state index in [4.69, 9.17) is 5.11 Å². The molecule has 1 saturated heterocycles. The number of amides is 1. The van der Waals surface area contributed by atoms with Gasteiger partial charge in [-0.1, -0.05) is 11.8 Å². The van der Waals surface area contributed by atoms with E-state index in [0.29, 0.717) is 25.1 Å². The van der Waals surface area contributed by atoms with Crippen molar-refractivity contribution in [2.24, 2.45) is 5.92 Å². The molecule has 0 spiro atoms. The van der Waals surface area contributed by atoms with Gasteiger partial charge in [-0.25, -0.2) is 0 Å². The molecule has 0 saturated carbocycles. The van der Waals surface area contributed by atoms with Crippen LogP contribution in [0.1, 0.15) is 35.0 Å². The van der Waals surface area contributed by atoms with Gasteiger partial charge in [0.25, 0.3) is 5.91 Å². The van der Waals surface area contributed by atoms with Gasteiger partial charge < -0.3 is 15.1 Å². The first kappa shape index (κ1) is 15.0. The molecule has 20 heavy (non-hydrogen) atoms. The summed E-state index contributed by atoms with van der Waals surface area (Å²) in [7, 11) is 0. The van der Waals surface area contributed by atoms with Gasteiger partial charge in [0.15, 0.2) is 0 Å². The number of thiophene rings is 1. The van der Waals surface area contributed by atoms with E-state index in [9.17, 15) is 9.90 Å². The lowest BCUT2D eigenvalue weighted by atomic mass is 10.0. The number of aliphatic hydroxyl groups excluding tert-OH is 2. The van der Waals surface area contributed by atoms with Crippen LogP contribution in [0.4, 0.5) is 0 Å². The minimum absolute atomic E-state index is 0.0135. The largest absolute Gasteiger partial charge is 0.395 e. The van der Waals surface area contributed by atoms with E-state index in [2.05, 4.69) is 11.8 Å². The van der Waals surface area contributed by atoms with Crippen molar-refractivity contribution in [1.82, 2.24) is 4.90 Å². The van der Waals surface area contributed by atoms with Gasteiger partial charge in [-0.3, -0.25) is 4.79 Å². The molecule has 2 rings (SSSR count). The van der Waals surface area contributed by atoms with Crippen LogP contribution < -0.4 is 0 Å². The quantitative estimate of drug-likeness (QED) is 0.827. The highest BCUT2D eigenvalue weighted by Crippen LogP contribution is 2.23. The second kappa shape index (κ2) is 6.89. The topological polar surface area (TPSA) is 60.8 Å². The second-order valence-corrected chi connectivity index (χ2v) is 5.93. The van der Waals surface area contributed by atoms with Gasteiger partial charge in [0, 0.05) is 30.8 Å². The van der Waals surface area contributed by atoms with Gasteiger partial charge in [-0.05, 0) is 19.4 Å². The fourth-order valence-corrected chi connectivity index (χ4v) is 3.02. The third kappa shape index (κ3) is 3.60. The van der Waals surface area contributed by atoms with E-state index in [1.165, 1.54) is 11.3 Å². The maximum absolute atomic E-state index is 12.3. The third-order valence-electron chi connectivity index (χ3n) is 3.49. The summed E-state index contributed by atoms with van der Waals surface area (Å²) in [5.74, 6) is 5.98. The lowest BCUT2D eigenvalue weighted by Gasteiger charge is -2.16. The predicted molar refractivity (Wildman–Crippen MR) is 78.6 cm³/mol. The molecule has 0 bridgehead atoms. The SMILES string of the molecule is CC(O)C1CCN(C(=O)c2csc(C#CCCO)c2)C1. The van der Waals surface area contributed by atoms with Crippen LogP contribution >= 0.6 is 11.3 Å². The number of hydrogen-bond acceptors (Lipinski definition) is 4. The third-order valence-corrected chi connectivity index (χ3v) is 4.33. The maximum atomic E-state index is 12.3. The van der Waals surface area contributed by atoms with Crippen molar-refractivity contribution in [3.63, 3.8) is 0 Å². The molecule has 108 valence electrons. The van der Waals surface area contributed by atoms with Gasteiger partial charge in [0.05, 0.1) is 23.2 Å². The van der Waals surface area contributed by atoms with Crippen molar-refractivity contribution in [1.29, 1.82) is 0 Å². The zero-order chi connectivity index (χ0) is 14.5. The zero-order valence-electron chi connectivity index (χ0n) is 11.5. The Morgan fingerprint density at radius 2 is 2.45 bits per heavy atom. The normalized spacial score (nSPS) is 19.6. The first-order chi connectivity index (χ1) is 9.61. The Bertz CT molecular complexity index is 527. The summed E-state index contributed by atoms with van der Waals surface area (Å²) in [5, 5.41) is 20.1. The Kier molecular flexibility index (Phi) is 5.18. The lowest BCUT2D eigenvalue weighted by Crippen LogP contribution is -2.30. The highest BCUT2D eigenvalue weighted by molar-refractivity contribution is 7.10. The Morgan fingerprint density at radius 1 is 1.65 bits per heavy atom. The lowest BCUT2D eigenvalue weighted by molar-refractivity contribution is 0.0763. The molecule has 2 N–H and O–H groups in total. The van der Waals surface area contributed by atoms with Crippen LogP contribution in [0.2, 0.25) is 0 Å². The summed E-state index contributed by atoms with van der Waals surface area (Å²) in [6, 6.07) is 1.80. The van der Waals surface area contributed by atoms with E-state index in [0.717, 1.165) is 11.3 Å². The van der Waals surface area contributed by atoms with Crippen LogP contribution in [0.15, 0.2) is 11.4 Å². The molecule has 4 nitrogen and oxygen atoms in total. The summed E-state index contributed by atoms with van der Waals surface area (Å²) >= 11 is 1.44. The van der Waals surface area contributed by atoms with Gasteiger partial charge in [0.1, 0.15) is 0 Å². The van der Waals surface area contributed by atoms with E-state index in [1.807, 2.05) is 5.38 Å². The summed E-state index contributed by atoms with van der Waals surface area (Å²) in [6.45, 7) is 3.16. The van der Waals surface area contributed by atoms with E-state index >= 15 is 0 Å². The van der Waals surface area contributed by atoms with Crippen molar-refractivity contribution >= 4 is 17.2 Å². The summed E-state index contributed by atoms with van der Waals surface area (Å²) < 4.78 is 0. The minimum atomic E-state index is -0.366. The Balaban J connectivity index is 1.99. The summed E-state index contributed by atoms with van der Waals surface area (Å²) in [6.07, 6.45) is 0.940. The molecule has 1 fully saturated rings. The molecule has 1 aliphatic heterocycles. The molecule has 0 aliphatic carbocycles. The number of hydrogen-bond donors (Lipinski definition) is 2. The number of carbonyl (C=O) groups excluding carboxylic acids is 1. The molecule has 5 heteroatoms. The minimum Gasteiger partial charge on any atom is -0.395 e. The second-order valence-electron chi connectivity index (χ2n) is 5.02. The van der Waals surface area contributed by atoms with Gasteiger partial charge in [-0.15, -0.1) is 11.3 Å². The van der Waals surface area contributed by atoms with Gasteiger partial charge in [-0.2, -0.15) is 0 Å². The Morgan fingerprint density at radius 3 is 3.10 bits per heavy atom. The summed E-state index contributed by atoms with van der Waals surface area (Å²) in [5.41, 5.74) is 0.662. The van der Waals surface area contributed by atoms with Gasteiger partial charge in [0.2, 0.25) is 0 Å². The number of carbonyl (C=O) groups is 1. The fraction of sp³-hybridized carbons (Fsp3) is 0.533. The molecule has 0 radical (unpaired) electrons. The van der Waals surface area contributed by atoms with Crippen molar-refractivity contribution < 1.29 is 15.0 Å². The maximum Gasteiger partial charge on any atom is 0.254 e. The number of nitrogens with zero attached hydrogens (tertiary/aromatic N) is 1. The number of aliphatic hydroxyl groups is 2. The fourth-order valence-electron chi connectivity index (χ4n) is 2.27. The van der Waals surface area contributed by atoms with E-state index in [1.54, 1.807) is 17.9 Å². The standard InChI is InChI=1S/C15H19NO3S/c1-11(18)12-5-6-16(9-12)15(19)13-8-14(20-10-13)4-2-3-7-17/h8,10-12,17-18H,3,5-7,9H2,1H3. The predicted octanol–water partition coefficient (Wildman–Crippen LogP) is 1.32. The van der Waals surface area contributed by atoms with Crippen molar-refractivity contribution in [3.8, 4) is 11.8 Å². The Hall–Kier alpha value is -1.35. The smallest absolute Gasteiger partial charge is 0.254 e. The van der Waals surface area contributed by atoms with Crippen LogP contribution in [0, 0.1) is 17.8 Å². The molecular formula is C15H19NO3S. The highest BCUT2D eigenvalue weighted by Gasteiger charge is 2.29. The molecule has 1 amide bonds. The molecule has 2 unspecified atom stereocenters. The number of rotatable bonds is 3. The molecular weight excluding hydrogens is 274 g/mol. The van der Waals surface area contributed by atoms with Crippen LogP contribution in [-0.2, 0) is 0 Å².